The molecule has 86 valence electrons. The Morgan fingerprint density at radius 1 is 1.19 bits per heavy atom. The molecule has 0 aromatic heterocycles. The van der Waals surface area contributed by atoms with E-state index in [0.717, 1.165) is 0 Å². The molecule has 1 atom stereocenters. The summed E-state index contributed by atoms with van der Waals surface area (Å²) in [5.41, 5.74) is 0.345. The molecule has 16 heavy (non-hydrogen) atoms. The van der Waals surface area contributed by atoms with Crippen molar-refractivity contribution in [2.45, 2.75) is 10.9 Å². The Morgan fingerprint density at radius 2 is 1.75 bits per heavy atom. The van der Waals surface area contributed by atoms with Gasteiger partial charge in [0.2, 0.25) is 10.9 Å². The summed E-state index contributed by atoms with van der Waals surface area (Å²) in [4.78, 5) is 20.6. The van der Waals surface area contributed by atoms with Crippen LogP contribution in [0.15, 0.2) is 30.3 Å². The SMILES string of the molecule is O=C(OC(C(=O)O)c1ccccc1)C(Cl)Cl. The Balaban J connectivity index is 2.85. The molecule has 0 aliphatic carbocycles. The minimum atomic E-state index is -1.40. The van der Waals surface area contributed by atoms with E-state index in [9.17, 15) is 9.59 Å². The second-order valence-corrected chi connectivity index (χ2v) is 3.96. The van der Waals surface area contributed by atoms with Crippen LogP contribution in [0.3, 0.4) is 0 Å². The third-order valence-corrected chi connectivity index (χ3v) is 2.10. The largest absolute Gasteiger partial charge is 0.478 e. The standard InChI is InChI=1S/C10H8Cl2O4/c11-8(12)10(15)16-7(9(13)14)6-4-2-1-3-5-6/h1-5,7-8H,(H,13,14). The van der Waals surface area contributed by atoms with Gasteiger partial charge in [-0.05, 0) is 0 Å². The predicted octanol–water partition coefficient (Wildman–Crippen LogP) is 2.16. The number of halogens is 2. The number of carbonyl (C=O) groups is 2. The van der Waals surface area contributed by atoms with E-state index < -0.39 is 22.9 Å². The average molecular weight is 263 g/mol. The quantitative estimate of drug-likeness (QED) is 0.667. The van der Waals surface area contributed by atoms with E-state index in [1.165, 1.54) is 12.1 Å². The van der Waals surface area contributed by atoms with Gasteiger partial charge in [-0.2, -0.15) is 0 Å². The van der Waals surface area contributed by atoms with Gasteiger partial charge < -0.3 is 9.84 Å². The van der Waals surface area contributed by atoms with E-state index in [2.05, 4.69) is 4.74 Å². The lowest BCUT2D eigenvalue weighted by atomic mass is 10.1. The third-order valence-electron chi connectivity index (χ3n) is 1.74. The first kappa shape index (κ1) is 12.8. The van der Waals surface area contributed by atoms with Crippen molar-refractivity contribution < 1.29 is 19.4 Å². The van der Waals surface area contributed by atoms with Crippen LogP contribution in [0, 0.1) is 0 Å². The van der Waals surface area contributed by atoms with Crippen molar-refractivity contribution in [1.82, 2.24) is 0 Å². The molecule has 1 aromatic carbocycles. The molecule has 0 heterocycles. The van der Waals surface area contributed by atoms with Crippen molar-refractivity contribution >= 4 is 35.1 Å². The molecule has 1 N–H and O–H groups in total. The van der Waals surface area contributed by atoms with Crippen molar-refractivity contribution in [2.75, 3.05) is 0 Å². The summed E-state index contributed by atoms with van der Waals surface area (Å²) >= 11 is 10.5. The van der Waals surface area contributed by atoms with Gasteiger partial charge in [-0.15, -0.1) is 0 Å². The second-order valence-electron chi connectivity index (χ2n) is 2.87. The second kappa shape index (κ2) is 5.72. The molecule has 0 aliphatic rings. The van der Waals surface area contributed by atoms with Crippen LogP contribution >= 0.6 is 23.2 Å². The number of alkyl halides is 2. The van der Waals surface area contributed by atoms with Crippen molar-refractivity contribution in [1.29, 1.82) is 0 Å². The van der Waals surface area contributed by atoms with Crippen molar-refractivity contribution in [3.05, 3.63) is 35.9 Å². The first-order chi connectivity index (χ1) is 7.52. The highest BCUT2D eigenvalue weighted by molar-refractivity contribution is 6.52. The molecule has 0 saturated carbocycles. The Kier molecular flexibility index (Phi) is 4.58. The Hall–Kier alpha value is -1.26. The van der Waals surface area contributed by atoms with Gasteiger partial charge in [0, 0.05) is 5.56 Å². The fraction of sp³-hybridized carbons (Fsp3) is 0.200. The maximum Gasteiger partial charge on any atom is 0.349 e. The monoisotopic (exact) mass is 262 g/mol. The summed E-state index contributed by atoms with van der Waals surface area (Å²) in [7, 11) is 0. The third kappa shape index (κ3) is 3.40. The Bertz CT molecular complexity index is 378. The van der Waals surface area contributed by atoms with Gasteiger partial charge >= 0.3 is 11.9 Å². The number of rotatable bonds is 4. The predicted molar refractivity (Wildman–Crippen MR) is 58.4 cm³/mol. The maximum atomic E-state index is 11.1. The zero-order valence-corrected chi connectivity index (χ0v) is 9.48. The number of carbonyl (C=O) groups excluding carboxylic acids is 1. The van der Waals surface area contributed by atoms with E-state index in [1.807, 2.05) is 0 Å². The molecule has 0 radical (unpaired) electrons. The number of benzene rings is 1. The normalized spacial score (nSPS) is 12.2. The van der Waals surface area contributed by atoms with E-state index in [-0.39, 0.29) is 0 Å². The molecule has 1 aromatic rings. The van der Waals surface area contributed by atoms with Gasteiger partial charge in [-0.1, -0.05) is 53.5 Å². The van der Waals surface area contributed by atoms with Gasteiger partial charge in [0.25, 0.3) is 0 Å². The average Bonchev–Trinajstić information content (AvgIpc) is 2.26. The number of hydrogen-bond acceptors (Lipinski definition) is 3. The smallest absolute Gasteiger partial charge is 0.349 e. The fourth-order valence-corrected chi connectivity index (χ4v) is 1.16. The first-order valence-electron chi connectivity index (χ1n) is 4.28. The lowest BCUT2D eigenvalue weighted by molar-refractivity contribution is -0.163. The van der Waals surface area contributed by atoms with Crippen molar-refractivity contribution in [2.24, 2.45) is 0 Å². The van der Waals surface area contributed by atoms with Gasteiger partial charge in [-0.25, -0.2) is 9.59 Å². The minimum absolute atomic E-state index is 0.345. The topological polar surface area (TPSA) is 63.6 Å². The van der Waals surface area contributed by atoms with Crippen LogP contribution < -0.4 is 0 Å². The van der Waals surface area contributed by atoms with E-state index in [0.29, 0.717) is 5.56 Å². The number of carboxylic acids is 1. The van der Waals surface area contributed by atoms with Crippen LogP contribution in [0.5, 0.6) is 0 Å². The molecule has 0 amide bonds. The van der Waals surface area contributed by atoms with Gasteiger partial charge in [-0.3, -0.25) is 0 Å². The fourth-order valence-electron chi connectivity index (χ4n) is 1.06. The lowest BCUT2D eigenvalue weighted by Gasteiger charge is -2.14. The molecule has 1 unspecified atom stereocenters. The summed E-state index contributed by atoms with van der Waals surface area (Å²) < 4.78 is 4.66. The summed E-state index contributed by atoms with van der Waals surface area (Å²) in [6.07, 6.45) is -1.39. The number of ether oxygens (including phenoxy) is 1. The molecule has 0 bridgehead atoms. The summed E-state index contributed by atoms with van der Waals surface area (Å²) in [5, 5.41) is 8.89. The minimum Gasteiger partial charge on any atom is -0.478 e. The van der Waals surface area contributed by atoms with Crippen LogP contribution in [-0.2, 0) is 14.3 Å². The highest BCUT2D eigenvalue weighted by Crippen LogP contribution is 2.19. The van der Waals surface area contributed by atoms with Crippen molar-refractivity contribution in [3.8, 4) is 0 Å². The molecule has 6 heteroatoms. The summed E-state index contributed by atoms with van der Waals surface area (Å²) in [6, 6.07) is 8.05. The molecule has 1 rings (SSSR count). The molecule has 0 aliphatic heterocycles. The van der Waals surface area contributed by atoms with Crippen LogP contribution in [-0.4, -0.2) is 21.9 Å². The molecular weight excluding hydrogens is 255 g/mol. The van der Waals surface area contributed by atoms with E-state index >= 15 is 0 Å². The number of aliphatic carboxylic acids is 1. The molecule has 0 spiro atoms. The van der Waals surface area contributed by atoms with Crippen LogP contribution in [0.4, 0.5) is 0 Å². The molecule has 4 nitrogen and oxygen atoms in total. The molecular formula is C10H8Cl2O4. The van der Waals surface area contributed by atoms with E-state index in [4.69, 9.17) is 28.3 Å². The van der Waals surface area contributed by atoms with Crippen LogP contribution in [0.1, 0.15) is 11.7 Å². The number of carboxylic acid groups (broad SMARTS) is 1. The maximum absolute atomic E-state index is 11.1. The summed E-state index contributed by atoms with van der Waals surface area (Å²) in [5.74, 6) is -2.27. The van der Waals surface area contributed by atoms with Gasteiger partial charge in [0.05, 0.1) is 0 Å². The van der Waals surface area contributed by atoms with Gasteiger partial charge in [0.1, 0.15) is 0 Å². The zero-order valence-electron chi connectivity index (χ0n) is 7.97. The number of hydrogen-bond donors (Lipinski definition) is 1. The lowest BCUT2D eigenvalue weighted by Crippen LogP contribution is -2.22. The van der Waals surface area contributed by atoms with Crippen LogP contribution in [0.2, 0.25) is 0 Å². The molecule has 0 saturated heterocycles. The highest BCUT2D eigenvalue weighted by Gasteiger charge is 2.26. The summed E-state index contributed by atoms with van der Waals surface area (Å²) in [6.45, 7) is 0. The zero-order chi connectivity index (χ0) is 12.1. The Morgan fingerprint density at radius 3 is 2.19 bits per heavy atom. The Labute approximate surface area is 102 Å². The van der Waals surface area contributed by atoms with Crippen molar-refractivity contribution in [3.63, 3.8) is 0 Å². The van der Waals surface area contributed by atoms with Gasteiger partial charge in [0.15, 0.2) is 0 Å². The first-order valence-corrected chi connectivity index (χ1v) is 5.16. The number of esters is 1. The van der Waals surface area contributed by atoms with Crippen LogP contribution in [0.25, 0.3) is 0 Å². The molecule has 0 fully saturated rings. The highest BCUT2D eigenvalue weighted by atomic mass is 35.5. The van der Waals surface area contributed by atoms with E-state index in [1.54, 1.807) is 18.2 Å².